The highest BCUT2D eigenvalue weighted by Crippen LogP contribution is 2.14. The minimum atomic E-state index is -2.46. The number of aliphatic hydroxyl groups is 2. The van der Waals surface area contributed by atoms with Crippen LogP contribution in [-0.2, 0) is 19.1 Å². The molecule has 0 aromatic heterocycles. The minimum absolute atomic E-state index is 0.0388. The molecule has 0 saturated carbocycles. The largest absolute Gasteiger partial charge is 0.497 e. The molecule has 1 fully saturated rings. The Morgan fingerprint density at radius 3 is 1.29 bits per heavy atom. The van der Waals surface area contributed by atoms with Crippen molar-refractivity contribution in [3.8, 4) is 11.5 Å². The number of carbonyl (C=O) groups excluding carboxylic acids is 4. The number of hydrogen-bond acceptors (Lipinski definition) is 11. The third kappa shape index (κ3) is 8.49. The maximum Gasteiger partial charge on any atom is 0.346 e. The van der Waals surface area contributed by atoms with Crippen LogP contribution in [0, 0.1) is 0 Å². The zero-order chi connectivity index (χ0) is 25.8. The van der Waals surface area contributed by atoms with E-state index in [1.54, 1.807) is 0 Å². The molecule has 0 radical (unpaired) electrons. The van der Waals surface area contributed by atoms with Crippen molar-refractivity contribution in [3.63, 3.8) is 0 Å². The highest BCUT2D eigenvalue weighted by molar-refractivity contribution is 6.01. The first-order valence-corrected chi connectivity index (χ1v) is 10.6. The molecule has 1 aliphatic rings. The zero-order valence-electron chi connectivity index (χ0n) is 19.3. The van der Waals surface area contributed by atoms with Gasteiger partial charge in [0.1, 0.15) is 11.5 Å². The highest BCUT2D eigenvalue weighted by atomic mass is 16.6. The predicted molar refractivity (Wildman–Crippen MR) is 121 cm³/mol. The summed E-state index contributed by atoms with van der Waals surface area (Å²) in [6.45, 7) is 2.50. The van der Waals surface area contributed by atoms with E-state index in [-0.39, 0.29) is 11.1 Å². The second-order valence-electron chi connectivity index (χ2n) is 7.22. The standard InChI is InChI=1S/C20H18O10.C4H9N/c1-27-13-7-3-11(4-8-13)17(23)29-19(25)15(21)16(22)20(26)30-18(24)12-5-9-14(28-2)10-6-12;1-2-4-5-3-1/h3-10,15-16,21-22H,1-2H3;5H,1-4H2/t15-,16-;/m1./s1. The summed E-state index contributed by atoms with van der Waals surface area (Å²) < 4.78 is 18.7. The lowest BCUT2D eigenvalue weighted by atomic mass is 10.2. The molecule has 11 heteroatoms. The smallest absolute Gasteiger partial charge is 0.346 e. The van der Waals surface area contributed by atoms with Gasteiger partial charge in [-0.3, -0.25) is 0 Å². The summed E-state index contributed by atoms with van der Waals surface area (Å²) in [4.78, 5) is 47.5. The van der Waals surface area contributed by atoms with E-state index in [9.17, 15) is 29.4 Å². The molecule has 2 aromatic rings. The summed E-state index contributed by atoms with van der Waals surface area (Å²) in [5.74, 6) is -4.54. The molecule has 0 amide bonds. The zero-order valence-corrected chi connectivity index (χ0v) is 19.3. The van der Waals surface area contributed by atoms with Crippen LogP contribution in [0.15, 0.2) is 48.5 Å². The van der Waals surface area contributed by atoms with Gasteiger partial charge in [0.15, 0.2) is 12.2 Å². The summed E-state index contributed by atoms with van der Waals surface area (Å²) in [5.41, 5.74) is -0.0776. The summed E-state index contributed by atoms with van der Waals surface area (Å²) in [5, 5.41) is 22.7. The Morgan fingerprint density at radius 1 is 0.686 bits per heavy atom. The number of ether oxygens (including phenoxy) is 4. The molecule has 11 nitrogen and oxygen atoms in total. The van der Waals surface area contributed by atoms with Crippen molar-refractivity contribution in [1.29, 1.82) is 0 Å². The van der Waals surface area contributed by atoms with Crippen molar-refractivity contribution >= 4 is 23.9 Å². The van der Waals surface area contributed by atoms with E-state index in [1.165, 1.54) is 88.7 Å². The van der Waals surface area contributed by atoms with Crippen molar-refractivity contribution in [2.45, 2.75) is 25.0 Å². The number of methoxy groups -OCH3 is 2. The van der Waals surface area contributed by atoms with Crippen LogP contribution >= 0.6 is 0 Å². The van der Waals surface area contributed by atoms with Crippen LogP contribution < -0.4 is 14.8 Å². The topological polar surface area (TPSA) is 158 Å². The second kappa shape index (κ2) is 13.8. The molecule has 0 spiro atoms. The van der Waals surface area contributed by atoms with E-state index in [0.717, 1.165) is 0 Å². The molecule has 0 aliphatic carbocycles. The van der Waals surface area contributed by atoms with Gasteiger partial charge in [-0.2, -0.15) is 0 Å². The Balaban J connectivity index is 0.000000764. The van der Waals surface area contributed by atoms with E-state index in [2.05, 4.69) is 14.8 Å². The van der Waals surface area contributed by atoms with Gasteiger partial charge in [-0.15, -0.1) is 0 Å². The van der Waals surface area contributed by atoms with Gasteiger partial charge < -0.3 is 34.5 Å². The number of nitrogens with one attached hydrogen (secondary N) is 1. The van der Waals surface area contributed by atoms with Crippen LogP contribution in [-0.4, -0.2) is 73.6 Å². The van der Waals surface area contributed by atoms with Gasteiger partial charge in [0, 0.05) is 0 Å². The number of hydrogen-bond donors (Lipinski definition) is 3. The van der Waals surface area contributed by atoms with E-state index in [4.69, 9.17) is 9.47 Å². The van der Waals surface area contributed by atoms with Crippen LogP contribution in [0.1, 0.15) is 33.6 Å². The van der Waals surface area contributed by atoms with Gasteiger partial charge in [0.05, 0.1) is 25.3 Å². The van der Waals surface area contributed by atoms with Crippen LogP contribution in [0.25, 0.3) is 0 Å². The fraction of sp³-hybridized carbons (Fsp3) is 0.333. The Bertz CT molecular complexity index is 915. The summed E-state index contributed by atoms with van der Waals surface area (Å²) in [6.07, 6.45) is -2.13. The number of carbonyl (C=O) groups is 4. The fourth-order valence-corrected chi connectivity index (χ4v) is 2.76. The van der Waals surface area contributed by atoms with Gasteiger partial charge in [-0.25, -0.2) is 19.2 Å². The molecule has 2 atom stereocenters. The minimum Gasteiger partial charge on any atom is -0.497 e. The first-order chi connectivity index (χ1) is 16.8. The lowest BCUT2D eigenvalue weighted by molar-refractivity contribution is -0.166. The molecule has 0 bridgehead atoms. The Labute approximate surface area is 201 Å². The van der Waals surface area contributed by atoms with Crippen LogP contribution in [0.2, 0.25) is 0 Å². The van der Waals surface area contributed by atoms with E-state index in [1.807, 2.05) is 0 Å². The first kappa shape index (κ1) is 27.4. The van der Waals surface area contributed by atoms with Crippen molar-refractivity contribution in [2.24, 2.45) is 0 Å². The van der Waals surface area contributed by atoms with Gasteiger partial charge >= 0.3 is 23.9 Å². The predicted octanol–water partition coefficient (Wildman–Crippen LogP) is 0.862. The van der Waals surface area contributed by atoms with Crippen molar-refractivity contribution in [1.82, 2.24) is 5.32 Å². The van der Waals surface area contributed by atoms with Gasteiger partial charge in [-0.05, 0) is 74.5 Å². The molecule has 3 rings (SSSR count). The fourth-order valence-electron chi connectivity index (χ4n) is 2.76. The normalized spacial score (nSPS) is 13.9. The molecule has 1 heterocycles. The molecule has 3 N–H and O–H groups in total. The summed E-state index contributed by atoms with van der Waals surface area (Å²) >= 11 is 0. The average molecular weight is 489 g/mol. The summed E-state index contributed by atoms with van der Waals surface area (Å²) in [6, 6.07) is 11.0. The monoisotopic (exact) mass is 489 g/mol. The number of esters is 4. The van der Waals surface area contributed by atoms with E-state index < -0.39 is 36.1 Å². The van der Waals surface area contributed by atoms with Crippen molar-refractivity contribution in [2.75, 3.05) is 27.3 Å². The molecule has 2 aromatic carbocycles. The van der Waals surface area contributed by atoms with E-state index in [0.29, 0.717) is 11.5 Å². The quantitative estimate of drug-likeness (QED) is 0.374. The lowest BCUT2D eigenvalue weighted by Gasteiger charge is -2.14. The maximum atomic E-state index is 11.9. The van der Waals surface area contributed by atoms with Gasteiger partial charge in [0.25, 0.3) is 0 Å². The molecule has 188 valence electrons. The molecule has 0 unspecified atom stereocenters. The Hall–Kier alpha value is -3.80. The number of rotatable bonds is 7. The third-order valence-corrected chi connectivity index (χ3v) is 4.78. The van der Waals surface area contributed by atoms with Crippen molar-refractivity contribution < 1.29 is 48.3 Å². The van der Waals surface area contributed by atoms with Crippen LogP contribution in [0.4, 0.5) is 0 Å². The summed E-state index contributed by atoms with van der Waals surface area (Å²) in [7, 11) is 2.85. The Morgan fingerprint density at radius 2 is 1.03 bits per heavy atom. The molecular weight excluding hydrogens is 462 g/mol. The lowest BCUT2D eigenvalue weighted by Crippen LogP contribution is -2.43. The third-order valence-electron chi connectivity index (χ3n) is 4.78. The number of benzene rings is 2. The molecular formula is C24H27NO10. The van der Waals surface area contributed by atoms with Crippen molar-refractivity contribution in [3.05, 3.63) is 59.7 Å². The first-order valence-electron chi connectivity index (χ1n) is 10.6. The highest BCUT2D eigenvalue weighted by Gasteiger charge is 2.35. The maximum absolute atomic E-state index is 11.9. The second-order valence-corrected chi connectivity index (χ2v) is 7.22. The molecule has 1 saturated heterocycles. The average Bonchev–Trinajstić information content (AvgIpc) is 3.48. The SMILES string of the molecule is C1CCNC1.COc1ccc(C(=O)OC(=O)[C@H](O)[C@@H](O)C(=O)OC(=O)c2ccc(OC)cc2)cc1. The van der Waals surface area contributed by atoms with Gasteiger partial charge in [0.2, 0.25) is 0 Å². The van der Waals surface area contributed by atoms with Gasteiger partial charge in [-0.1, -0.05) is 0 Å². The van der Waals surface area contributed by atoms with Crippen LogP contribution in [0.5, 0.6) is 11.5 Å². The Kier molecular flexibility index (Phi) is 10.8. The van der Waals surface area contributed by atoms with Crippen LogP contribution in [0.3, 0.4) is 0 Å². The molecule has 1 aliphatic heterocycles. The van der Waals surface area contributed by atoms with E-state index >= 15 is 0 Å². The number of aliphatic hydroxyl groups excluding tert-OH is 2. The molecule has 35 heavy (non-hydrogen) atoms.